The van der Waals surface area contributed by atoms with Crippen LogP contribution in [0.1, 0.15) is 36.7 Å². The first-order chi connectivity index (χ1) is 15.2. The van der Waals surface area contributed by atoms with Gasteiger partial charge in [0.25, 0.3) is 5.91 Å². The van der Waals surface area contributed by atoms with Crippen LogP contribution < -0.4 is 16.1 Å². The fraction of sp³-hybridized carbons (Fsp3) is 0.261. The zero-order chi connectivity index (χ0) is 23.3. The molecule has 0 saturated heterocycles. The second-order valence-electron chi connectivity index (χ2n) is 8.27. The van der Waals surface area contributed by atoms with Crippen molar-refractivity contribution in [1.29, 1.82) is 0 Å². The Balaban J connectivity index is 1.79. The van der Waals surface area contributed by atoms with E-state index in [4.69, 9.17) is 9.94 Å². The molecule has 0 bridgehead atoms. The number of H-pyrrole nitrogens is 1. The van der Waals surface area contributed by atoms with Crippen LogP contribution in [0.25, 0.3) is 10.9 Å². The number of fused-ring (bicyclic) bond motifs is 1. The maximum absolute atomic E-state index is 13.0. The van der Waals surface area contributed by atoms with Gasteiger partial charge in [0.2, 0.25) is 5.91 Å². The second kappa shape index (κ2) is 9.52. The van der Waals surface area contributed by atoms with Gasteiger partial charge in [-0.05, 0) is 56.7 Å². The molecular formula is C23H26N4O5. The summed E-state index contributed by atoms with van der Waals surface area (Å²) in [6, 6.07) is 12.7. The molecule has 0 fully saturated rings. The molecule has 0 unspecified atom stereocenters. The summed E-state index contributed by atoms with van der Waals surface area (Å²) in [5, 5.41) is 15.1. The number of amides is 3. The van der Waals surface area contributed by atoms with Crippen molar-refractivity contribution in [3.8, 4) is 0 Å². The van der Waals surface area contributed by atoms with Gasteiger partial charge >= 0.3 is 6.09 Å². The second-order valence-corrected chi connectivity index (χ2v) is 8.27. The molecule has 0 aliphatic carbocycles. The summed E-state index contributed by atoms with van der Waals surface area (Å²) in [5.41, 5.74) is 3.29. The van der Waals surface area contributed by atoms with Crippen LogP contribution in [0.4, 0.5) is 10.5 Å². The minimum atomic E-state index is -0.913. The van der Waals surface area contributed by atoms with Crippen molar-refractivity contribution in [3.05, 3.63) is 65.9 Å². The summed E-state index contributed by atoms with van der Waals surface area (Å²) < 4.78 is 5.32. The summed E-state index contributed by atoms with van der Waals surface area (Å²) in [4.78, 5) is 40.0. The molecule has 9 nitrogen and oxygen atoms in total. The van der Waals surface area contributed by atoms with E-state index >= 15 is 0 Å². The lowest BCUT2D eigenvalue weighted by Gasteiger charge is -2.23. The smallest absolute Gasteiger partial charge is 0.408 e. The highest BCUT2D eigenvalue weighted by atomic mass is 16.6. The largest absolute Gasteiger partial charge is 0.444 e. The van der Waals surface area contributed by atoms with E-state index < -0.39 is 29.6 Å². The molecule has 5 N–H and O–H groups in total. The fourth-order valence-electron chi connectivity index (χ4n) is 3.18. The van der Waals surface area contributed by atoms with Crippen LogP contribution in [0.3, 0.4) is 0 Å². The molecule has 0 spiro atoms. The molecule has 0 aliphatic heterocycles. The Morgan fingerprint density at radius 3 is 2.41 bits per heavy atom. The van der Waals surface area contributed by atoms with E-state index in [0.717, 1.165) is 16.5 Å². The summed E-state index contributed by atoms with van der Waals surface area (Å²) in [5.74, 6) is -1.10. The number of hydroxylamine groups is 1. The molecule has 0 aliphatic rings. The van der Waals surface area contributed by atoms with Gasteiger partial charge in [-0.1, -0.05) is 18.2 Å². The van der Waals surface area contributed by atoms with Crippen molar-refractivity contribution in [1.82, 2.24) is 15.8 Å². The molecular weight excluding hydrogens is 412 g/mol. The third-order valence-corrected chi connectivity index (χ3v) is 4.62. The molecule has 0 saturated carbocycles. The van der Waals surface area contributed by atoms with Gasteiger partial charge in [-0.3, -0.25) is 14.8 Å². The highest BCUT2D eigenvalue weighted by Gasteiger charge is 2.26. The molecule has 32 heavy (non-hydrogen) atoms. The summed E-state index contributed by atoms with van der Waals surface area (Å²) in [6.07, 6.45) is 1.34. The molecule has 2 aromatic carbocycles. The van der Waals surface area contributed by atoms with E-state index in [9.17, 15) is 14.4 Å². The fourth-order valence-corrected chi connectivity index (χ4v) is 3.18. The van der Waals surface area contributed by atoms with E-state index in [0.29, 0.717) is 5.69 Å². The molecule has 3 aromatic rings. The predicted octanol–water partition coefficient (Wildman–Crippen LogP) is 3.36. The van der Waals surface area contributed by atoms with Gasteiger partial charge in [-0.15, -0.1) is 0 Å². The number of aromatic nitrogens is 1. The number of alkyl carbamates (subject to hydrolysis) is 1. The van der Waals surface area contributed by atoms with Gasteiger partial charge in [0.1, 0.15) is 11.6 Å². The number of para-hydroxylation sites is 1. The Kier molecular flexibility index (Phi) is 6.79. The quantitative estimate of drug-likeness (QED) is 0.297. The first-order valence-electron chi connectivity index (χ1n) is 10.1. The third kappa shape index (κ3) is 5.86. The Hall–Kier alpha value is -3.85. The molecule has 1 heterocycles. The Morgan fingerprint density at radius 2 is 1.75 bits per heavy atom. The molecule has 1 atom stereocenters. The van der Waals surface area contributed by atoms with E-state index in [1.165, 1.54) is 24.3 Å². The van der Waals surface area contributed by atoms with Crippen LogP contribution >= 0.6 is 0 Å². The zero-order valence-corrected chi connectivity index (χ0v) is 18.1. The lowest BCUT2D eigenvalue weighted by Crippen LogP contribution is -2.47. The molecule has 1 aromatic heterocycles. The van der Waals surface area contributed by atoms with E-state index in [1.54, 1.807) is 26.3 Å². The lowest BCUT2D eigenvalue weighted by molar-refractivity contribution is -0.118. The van der Waals surface area contributed by atoms with Crippen LogP contribution in [0.15, 0.2) is 54.7 Å². The van der Waals surface area contributed by atoms with Crippen molar-refractivity contribution >= 4 is 34.5 Å². The topological polar surface area (TPSA) is 133 Å². The van der Waals surface area contributed by atoms with Crippen molar-refractivity contribution in [2.75, 3.05) is 5.32 Å². The molecule has 0 radical (unpaired) electrons. The average Bonchev–Trinajstić information content (AvgIpc) is 3.15. The van der Waals surface area contributed by atoms with Crippen LogP contribution in [0, 0.1) is 0 Å². The van der Waals surface area contributed by atoms with Gasteiger partial charge in [-0.25, -0.2) is 10.3 Å². The van der Waals surface area contributed by atoms with Crippen LogP contribution in [0.5, 0.6) is 0 Å². The van der Waals surface area contributed by atoms with Gasteiger partial charge < -0.3 is 20.4 Å². The average molecular weight is 438 g/mol. The molecule has 3 rings (SSSR count). The molecule has 3 amide bonds. The highest BCUT2D eigenvalue weighted by Crippen LogP contribution is 2.20. The van der Waals surface area contributed by atoms with Crippen molar-refractivity contribution < 1.29 is 24.3 Å². The van der Waals surface area contributed by atoms with E-state index in [2.05, 4.69) is 15.6 Å². The maximum atomic E-state index is 13.0. The monoisotopic (exact) mass is 438 g/mol. The number of aromatic amines is 1. The van der Waals surface area contributed by atoms with Crippen molar-refractivity contribution in [2.24, 2.45) is 0 Å². The lowest BCUT2D eigenvalue weighted by atomic mass is 10.0. The number of carbonyl (C=O) groups is 3. The number of hydrogen-bond acceptors (Lipinski definition) is 5. The number of nitrogens with one attached hydrogen (secondary N) is 4. The third-order valence-electron chi connectivity index (χ3n) is 4.62. The number of rotatable bonds is 6. The van der Waals surface area contributed by atoms with Crippen LogP contribution in [0.2, 0.25) is 0 Å². The maximum Gasteiger partial charge on any atom is 0.408 e. The van der Waals surface area contributed by atoms with Crippen LogP contribution in [-0.2, 0) is 16.0 Å². The number of anilines is 1. The number of benzene rings is 2. The number of hydrogen-bond donors (Lipinski definition) is 5. The number of ether oxygens (including phenoxy) is 1. The summed E-state index contributed by atoms with van der Waals surface area (Å²) in [7, 11) is 0. The van der Waals surface area contributed by atoms with Crippen molar-refractivity contribution in [3.63, 3.8) is 0 Å². The molecule has 9 heteroatoms. The standard InChI is InChI=1S/C23H26N4O5/c1-23(2,3)32-22(30)26-19(12-15-13-24-18-7-5-4-6-17(15)18)21(29)25-16-10-8-14(9-11-16)20(28)27-31/h4-11,13,19,24,31H,12H2,1-3H3,(H,25,29)(H,26,30)(H,27,28)/t19-/m0/s1. The van der Waals surface area contributed by atoms with Gasteiger partial charge in [0.15, 0.2) is 0 Å². The van der Waals surface area contributed by atoms with Crippen molar-refractivity contribution in [2.45, 2.75) is 38.8 Å². The highest BCUT2D eigenvalue weighted by molar-refractivity contribution is 5.98. The van der Waals surface area contributed by atoms with Gasteiger partial charge in [0, 0.05) is 34.8 Å². The SMILES string of the molecule is CC(C)(C)OC(=O)N[C@@H](Cc1c[nH]c2ccccc12)C(=O)Nc1ccc(C(=O)NO)cc1. The predicted molar refractivity (Wildman–Crippen MR) is 119 cm³/mol. The van der Waals surface area contributed by atoms with E-state index in [-0.39, 0.29) is 12.0 Å². The summed E-state index contributed by atoms with van der Waals surface area (Å²) in [6.45, 7) is 5.22. The zero-order valence-electron chi connectivity index (χ0n) is 18.1. The van der Waals surface area contributed by atoms with E-state index in [1.807, 2.05) is 30.5 Å². The summed E-state index contributed by atoms with van der Waals surface area (Å²) >= 11 is 0. The Bertz CT molecular complexity index is 1120. The minimum absolute atomic E-state index is 0.229. The van der Waals surface area contributed by atoms with Gasteiger partial charge in [0.05, 0.1) is 0 Å². The van der Waals surface area contributed by atoms with Crippen LogP contribution in [-0.4, -0.2) is 39.7 Å². The Labute approximate surface area is 185 Å². The van der Waals surface area contributed by atoms with Gasteiger partial charge in [-0.2, -0.15) is 0 Å². The normalized spacial score (nSPS) is 12.1. The number of carbonyl (C=O) groups excluding carboxylic acids is 3. The first-order valence-corrected chi connectivity index (χ1v) is 10.1. The minimum Gasteiger partial charge on any atom is -0.444 e. The Morgan fingerprint density at radius 1 is 1.06 bits per heavy atom. The first kappa shape index (κ1) is 22.8. The molecule has 168 valence electrons.